The summed E-state index contributed by atoms with van der Waals surface area (Å²) in [5.74, 6) is 0.138. The van der Waals surface area contributed by atoms with Crippen LogP contribution < -0.4 is 4.90 Å². The molecule has 0 fully saturated rings. The van der Waals surface area contributed by atoms with E-state index < -0.39 is 0 Å². The highest BCUT2D eigenvalue weighted by atomic mass is 32.1. The van der Waals surface area contributed by atoms with Crippen molar-refractivity contribution in [1.82, 2.24) is 0 Å². The number of nitrogens with zero attached hydrogens (tertiary/aromatic N) is 1. The molecule has 0 saturated heterocycles. The van der Waals surface area contributed by atoms with Crippen LogP contribution in [0.5, 0.6) is 0 Å². The van der Waals surface area contributed by atoms with Crippen LogP contribution in [0.15, 0.2) is 35.7 Å². The Labute approximate surface area is 117 Å². The molecule has 0 N–H and O–H groups in total. The Balaban J connectivity index is 2.03. The zero-order valence-electron chi connectivity index (χ0n) is 11.2. The number of Topliss-reactive ketones (excluding diaryl/α,β-unsaturated/α-hetero) is 1. The van der Waals surface area contributed by atoms with E-state index in [9.17, 15) is 4.79 Å². The zero-order valence-corrected chi connectivity index (χ0v) is 12.0. The molecule has 2 nitrogen and oxygen atoms in total. The third-order valence-electron chi connectivity index (χ3n) is 3.87. The van der Waals surface area contributed by atoms with Crippen LogP contribution in [0.1, 0.15) is 40.7 Å². The smallest absolute Gasteiger partial charge is 0.161 e. The van der Waals surface area contributed by atoms with E-state index >= 15 is 0 Å². The number of thiophene rings is 1. The van der Waals surface area contributed by atoms with E-state index in [1.54, 1.807) is 6.92 Å². The lowest BCUT2D eigenvalue weighted by Crippen LogP contribution is -2.34. The van der Waals surface area contributed by atoms with Crippen LogP contribution >= 0.6 is 11.3 Å². The zero-order chi connectivity index (χ0) is 13.4. The van der Waals surface area contributed by atoms with E-state index in [2.05, 4.69) is 29.3 Å². The first-order chi connectivity index (χ1) is 9.18. The summed E-state index contributed by atoms with van der Waals surface area (Å²) < 4.78 is 0. The Bertz CT molecular complexity index is 617. The number of rotatable bonds is 2. The van der Waals surface area contributed by atoms with Crippen LogP contribution in [0, 0.1) is 0 Å². The van der Waals surface area contributed by atoms with Gasteiger partial charge < -0.3 is 4.90 Å². The molecule has 0 bridgehead atoms. The first kappa shape index (κ1) is 12.4. The standard InChI is InChI=1S/C16H17NOS/c1-11-13-8-10-19-16(13)7-9-17(11)15-6-4-3-5-14(15)12(2)18/h3-6,8,10-11H,7,9H2,1-2H3. The van der Waals surface area contributed by atoms with Gasteiger partial charge in [-0.3, -0.25) is 4.79 Å². The highest BCUT2D eigenvalue weighted by Crippen LogP contribution is 2.37. The van der Waals surface area contributed by atoms with Crippen LogP contribution in [0.25, 0.3) is 0 Å². The average molecular weight is 271 g/mol. The van der Waals surface area contributed by atoms with Gasteiger partial charge in [-0.1, -0.05) is 12.1 Å². The summed E-state index contributed by atoms with van der Waals surface area (Å²) in [5.41, 5.74) is 3.31. The van der Waals surface area contributed by atoms with Crippen LogP contribution in [0.3, 0.4) is 0 Å². The number of anilines is 1. The summed E-state index contributed by atoms with van der Waals surface area (Å²) in [6.07, 6.45) is 1.07. The van der Waals surface area contributed by atoms with Gasteiger partial charge in [0.15, 0.2) is 5.78 Å². The number of para-hydroxylation sites is 1. The largest absolute Gasteiger partial charge is 0.364 e. The fraction of sp³-hybridized carbons (Fsp3) is 0.312. The summed E-state index contributed by atoms with van der Waals surface area (Å²) in [7, 11) is 0. The fourth-order valence-electron chi connectivity index (χ4n) is 2.86. The molecule has 2 aromatic rings. The second kappa shape index (κ2) is 4.82. The molecule has 0 spiro atoms. The van der Waals surface area contributed by atoms with Gasteiger partial charge in [0.25, 0.3) is 0 Å². The molecule has 19 heavy (non-hydrogen) atoms. The minimum atomic E-state index is 0.138. The second-order valence-corrected chi connectivity index (χ2v) is 5.99. The van der Waals surface area contributed by atoms with E-state index in [1.807, 2.05) is 29.5 Å². The van der Waals surface area contributed by atoms with Gasteiger partial charge in [0.1, 0.15) is 0 Å². The number of fused-ring (bicyclic) bond motifs is 1. The van der Waals surface area contributed by atoms with Crippen LogP contribution in [-0.2, 0) is 6.42 Å². The highest BCUT2D eigenvalue weighted by Gasteiger charge is 2.26. The van der Waals surface area contributed by atoms with Crippen LogP contribution in [0.4, 0.5) is 5.69 Å². The minimum absolute atomic E-state index is 0.138. The van der Waals surface area contributed by atoms with E-state index in [1.165, 1.54) is 10.4 Å². The molecule has 1 unspecified atom stereocenters. The lowest BCUT2D eigenvalue weighted by molar-refractivity contribution is 0.101. The second-order valence-electron chi connectivity index (χ2n) is 4.99. The van der Waals surface area contributed by atoms with Gasteiger partial charge in [-0.15, -0.1) is 11.3 Å². The molecule has 1 aromatic carbocycles. The first-order valence-electron chi connectivity index (χ1n) is 6.61. The Kier molecular flexibility index (Phi) is 3.15. The number of hydrogen-bond donors (Lipinski definition) is 0. The molecule has 2 heterocycles. The molecule has 1 aromatic heterocycles. The first-order valence-corrected chi connectivity index (χ1v) is 7.49. The van der Waals surface area contributed by atoms with Gasteiger partial charge in [-0.2, -0.15) is 0 Å². The van der Waals surface area contributed by atoms with Crippen molar-refractivity contribution in [3.05, 3.63) is 51.7 Å². The quantitative estimate of drug-likeness (QED) is 0.767. The van der Waals surface area contributed by atoms with Gasteiger partial charge in [0, 0.05) is 22.7 Å². The third-order valence-corrected chi connectivity index (χ3v) is 4.87. The van der Waals surface area contributed by atoms with Crippen molar-refractivity contribution in [2.45, 2.75) is 26.3 Å². The Morgan fingerprint density at radius 3 is 2.89 bits per heavy atom. The normalized spacial score (nSPS) is 18.2. The Hall–Kier alpha value is -1.61. The molecule has 98 valence electrons. The summed E-state index contributed by atoms with van der Waals surface area (Å²) in [6, 6.07) is 10.5. The summed E-state index contributed by atoms with van der Waals surface area (Å²) in [4.78, 5) is 15.6. The van der Waals surface area contributed by atoms with Crippen molar-refractivity contribution in [2.24, 2.45) is 0 Å². The van der Waals surface area contributed by atoms with Crippen LogP contribution in [0.2, 0.25) is 0 Å². The van der Waals surface area contributed by atoms with E-state index in [4.69, 9.17) is 0 Å². The van der Waals surface area contributed by atoms with Crippen molar-refractivity contribution < 1.29 is 4.79 Å². The predicted molar refractivity (Wildman–Crippen MR) is 80.2 cm³/mol. The molecule has 3 heteroatoms. The van der Waals surface area contributed by atoms with Gasteiger partial charge >= 0.3 is 0 Å². The Morgan fingerprint density at radius 1 is 1.32 bits per heavy atom. The van der Waals surface area contributed by atoms with Gasteiger partial charge in [-0.05, 0) is 49.4 Å². The van der Waals surface area contributed by atoms with Crippen LogP contribution in [-0.4, -0.2) is 12.3 Å². The van der Waals surface area contributed by atoms with Crippen molar-refractivity contribution in [2.75, 3.05) is 11.4 Å². The number of benzene rings is 1. The maximum Gasteiger partial charge on any atom is 0.161 e. The molecule has 1 atom stereocenters. The van der Waals surface area contributed by atoms with Gasteiger partial charge in [0.2, 0.25) is 0 Å². The van der Waals surface area contributed by atoms with Crippen molar-refractivity contribution in [1.29, 1.82) is 0 Å². The molecule has 0 aliphatic carbocycles. The molecule has 3 rings (SSSR count). The lowest BCUT2D eigenvalue weighted by atomic mass is 9.98. The number of hydrogen-bond acceptors (Lipinski definition) is 3. The lowest BCUT2D eigenvalue weighted by Gasteiger charge is -2.36. The molecular formula is C16H17NOS. The summed E-state index contributed by atoms with van der Waals surface area (Å²) in [6.45, 7) is 4.85. The number of ketones is 1. The van der Waals surface area contributed by atoms with Gasteiger partial charge in [-0.25, -0.2) is 0 Å². The van der Waals surface area contributed by atoms with Crippen molar-refractivity contribution >= 4 is 22.8 Å². The SMILES string of the molecule is CC(=O)c1ccccc1N1CCc2sccc2C1C. The Morgan fingerprint density at radius 2 is 2.11 bits per heavy atom. The molecule has 0 amide bonds. The van der Waals surface area contributed by atoms with E-state index in [0.29, 0.717) is 6.04 Å². The maximum atomic E-state index is 11.8. The molecular weight excluding hydrogens is 254 g/mol. The topological polar surface area (TPSA) is 20.3 Å². The monoisotopic (exact) mass is 271 g/mol. The van der Waals surface area contributed by atoms with Crippen molar-refractivity contribution in [3.63, 3.8) is 0 Å². The average Bonchev–Trinajstić information content (AvgIpc) is 2.88. The maximum absolute atomic E-state index is 11.8. The highest BCUT2D eigenvalue weighted by molar-refractivity contribution is 7.10. The fourth-order valence-corrected chi connectivity index (χ4v) is 3.82. The van der Waals surface area contributed by atoms with Gasteiger partial charge in [0.05, 0.1) is 6.04 Å². The summed E-state index contributed by atoms with van der Waals surface area (Å²) in [5, 5.41) is 2.17. The molecule has 1 aliphatic rings. The molecule has 0 saturated carbocycles. The number of carbonyl (C=O) groups is 1. The molecule has 1 aliphatic heterocycles. The minimum Gasteiger partial charge on any atom is -0.364 e. The molecule has 0 radical (unpaired) electrons. The summed E-state index contributed by atoms with van der Waals surface area (Å²) >= 11 is 1.84. The predicted octanol–water partition coefficient (Wildman–Crippen LogP) is 4.07. The van der Waals surface area contributed by atoms with E-state index in [0.717, 1.165) is 24.2 Å². The third kappa shape index (κ3) is 2.08. The van der Waals surface area contributed by atoms with E-state index in [-0.39, 0.29) is 5.78 Å². The number of carbonyl (C=O) groups excluding carboxylic acids is 1. The van der Waals surface area contributed by atoms with Crippen molar-refractivity contribution in [3.8, 4) is 0 Å².